The molecular formula is C6H11CaO4+. The van der Waals surface area contributed by atoms with Crippen molar-refractivity contribution in [2.24, 2.45) is 5.92 Å². The number of aliphatic carboxylic acids is 1. The molecule has 0 rings (SSSR count). The van der Waals surface area contributed by atoms with Crippen LogP contribution in [0, 0.1) is 5.92 Å². The van der Waals surface area contributed by atoms with E-state index in [0.717, 1.165) is 0 Å². The average molecular weight is 187 g/mol. The van der Waals surface area contributed by atoms with Gasteiger partial charge in [-0.2, -0.15) is 0 Å². The Hall–Kier alpha value is 0.360. The standard InChI is InChI=1S/C6H10O3.Ca.H2O/c1-4(2)3-5(7)6(8)9;;/h4H,3H2,1-2H3,(H,8,9);;1H2/q;+2;/p-1. The van der Waals surface area contributed by atoms with E-state index in [1.807, 2.05) is 0 Å². The predicted molar refractivity (Wildman–Crippen MR) is 38.8 cm³/mol. The van der Waals surface area contributed by atoms with E-state index in [1.165, 1.54) is 0 Å². The summed E-state index contributed by atoms with van der Waals surface area (Å²) in [6.07, 6.45) is 0.0718. The maximum absolute atomic E-state index is 10.3. The fourth-order valence-corrected chi connectivity index (χ4v) is 0.454. The summed E-state index contributed by atoms with van der Waals surface area (Å²) in [5.74, 6) is -2.30. The molecule has 0 atom stereocenters. The second-order valence-electron chi connectivity index (χ2n) is 2.31. The number of hydrogen-bond acceptors (Lipinski definition) is 3. The van der Waals surface area contributed by atoms with Crippen molar-refractivity contribution in [3.8, 4) is 0 Å². The van der Waals surface area contributed by atoms with Crippen LogP contribution in [-0.4, -0.2) is 55.0 Å². The summed E-state index contributed by atoms with van der Waals surface area (Å²) < 4.78 is 0. The van der Waals surface area contributed by atoms with Gasteiger partial charge in [-0.3, -0.25) is 4.79 Å². The summed E-state index contributed by atoms with van der Waals surface area (Å²) >= 11 is 0. The van der Waals surface area contributed by atoms with Crippen LogP contribution in [0.3, 0.4) is 0 Å². The zero-order valence-electron chi connectivity index (χ0n) is 6.72. The molecule has 0 aliphatic heterocycles. The van der Waals surface area contributed by atoms with Crippen molar-refractivity contribution in [2.45, 2.75) is 20.3 Å². The Morgan fingerprint density at radius 3 is 1.82 bits per heavy atom. The quantitative estimate of drug-likeness (QED) is 0.383. The normalized spacial score (nSPS) is 7.91. The van der Waals surface area contributed by atoms with Crippen LogP contribution in [0.5, 0.6) is 0 Å². The first-order valence-electron chi connectivity index (χ1n) is 2.78. The smallest absolute Gasteiger partial charge is 0.542 e. The molecule has 0 unspecified atom stereocenters. The van der Waals surface area contributed by atoms with Crippen molar-refractivity contribution in [2.75, 3.05) is 0 Å². The summed E-state index contributed by atoms with van der Waals surface area (Å²) in [6.45, 7) is 3.56. The van der Waals surface area contributed by atoms with Gasteiger partial charge in [0, 0.05) is 6.42 Å². The van der Waals surface area contributed by atoms with Gasteiger partial charge >= 0.3 is 37.7 Å². The van der Waals surface area contributed by atoms with Crippen LogP contribution in [0.15, 0.2) is 0 Å². The van der Waals surface area contributed by atoms with Crippen molar-refractivity contribution in [3.63, 3.8) is 0 Å². The molecule has 0 aromatic heterocycles. The zero-order valence-corrected chi connectivity index (χ0v) is 8.92. The number of ketones is 1. The summed E-state index contributed by atoms with van der Waals surface area (Å²) in [5, 5.41) is 9.77. The van der Waals surface area contributed by atoms with Gasteiger partial charge in [-0.1, -0.05) is 13.8 Å². The molecule has 0 aromatic carbocycles. The monoisotopic (exact) mass is 187 g/mol. The molecule has 0 aliphatic rings. The molecular weight excluding hydrogens is 176 g/mol. The maximum atomic E-state index is 10.3. The predicted octanol–water partition coefficient (Wildman–Crippen LogP) is -1.85. The van der Waals surface area contributed by atoms with E-state index < -0.39 is 11.8 Å². The minimum atomic E-state index is -1.58. The molecule has 0 saturated heterocycles. The summed E-state index contributed by atoms with van der Waals surface area (Å²) in [5.41, 5.74) is 0. The van der Waals surface area contributed by atoms with Crippen LogP contribution in [0.25, 0.3) is 0 Å². The Bertz CT molecular complexity index is 133. The van der Waals surface area contributed by atoms with Gasteiger partial charge in [0.2, 0.25) is 0 Å². The number of carbonyl (C=O) groups excluding carboxylic acids is 2. The number of carboxylic acids is 1. The molecule has 60 valence electrons. The van der Waals surface area contributed by atoms with E-state index in [2.05, 4.69) is 0 Å². The second kappa shape index (κ2) is 8.46. The molecule has 0 fully saturated rings. The van der Waals surface area contributed by atoms with E-state index in [1.54, 1.807) is 13.8 Å². The first kappa shape index (κ1) is 17.4. The van der Waals surface area contributed by atoms with E-state index in [-0.39, 0.29) is 55.6 Å². The minimum Gasteiger partial charge on any atom is -0.542 e. The molecule has 4 nitrogen and oxygen atoms in total. The number of hydrogen-bond donors (Lipinski definition) is 0. The molecule has 0 aromatic rings. The Morgan fingerprint density at radius 2 is 1.73 bits per heavy atom. The van der Waals surface area contributed by atoms with Crippen molar-refractivity contribution < 1.29 is 20.2 Å². The summed E-state index contributed by atoms with van der Waals surface area (Å²) in [6, 6.07) is 0. The van der Waals surface area contributed by atoms with Gasteiger partial charge in [-0.05, 0) is 5.92 Å². The van der Waals surface area contributed by atoms with Gasteiger partial charge in [-0.25, -0.2) is 0 Å². The first-order chi connectivity index (χ1) is 4.04. The molecule has 0 radical (unpaired) electrons. The minimum absolute atomic E-state index is 0. The number of rotatable bonds is 3. The van der Waals surface area contributed by atoms with Gasteiger partial charge in [0.15, 0.2) is 5.78 Å². The van der Waals surface area contributed by atoms with Crippen LogP contribution in [-0.2, 0) is 9.59 Å². The molecule has 0 amide bonds. The first-order valence-corrected chi connectivity index (χ1v) is 2.78. The van der Waals surface area contributed by atoms with Crippen LogP contribution in [0.4, 0.5) is 0 Å². The average Bonchev–Trinajstić information content (AvgIpc) is 1.63. The van der Waals surface area contributed by atoms with Crippen molar-refractivity contribution in [1.82, 2.24) is 0 Å². The Kier molecular flexibility index (Phi) is 13.4. The summed E-state index contributed by atoms with van der Waals surface area (Å²) in [4.78, 5) is 20.1. The third-order valence-corrected chi connectivity index (χ3v) is 0.821. The van der Waals surface area contributed by atoms with E-state index in [4.69, 9.17) is 0 Å². The third kappa shape index (κ3) is 10.4. The van der Waals surface area contributed by atoms with E-state index in [0.29, 0.717) is 0 Å². The van der Waals surface area contributed by atoms with E-state index >= 15 is 0 Å². The topological polar surface area (TPSA) is 88.7 Å². The Balaban J connectivity index is -0.000000320. The van der Waals surface area contributed by atoms with Crippen molar-refractivity contribution >= 4 is 49.5 Å². The Labute approximate surface area is 95.3 Å². The molecule has 5 heteroatoms. The molecule has 2 N–H and O–H groups in total. The van der Waals surface area contributed by atoms with Crippen LogP contribution in [0.2, 0.25) is 0 Å². The van der Waals surface area contributed by atoms with Gasteiger partial charge in [-0.15, -0.1) is 0 Å². The van der Waals surface area contributed by atoms with Crippen LogP contribution < -0.4 is 5.11 Å². The molecule has 11 heavy (non-hydrogen) atoms. The molecule has 0 saturated carbocycles. The van der Waals surface area contributed by atoms with Gasteiger partial charge in [0.1, 0.15) is 5.97 Å². The van der Waals surface area contributed by atoms with Gasteiger partial charge < -0.3 is 15.4 Å². The fourth-order valence-electron chi connectivity index (χ4n) is 0.454. The molecule has 0 heterocycles. The summed E-state index contributed by atoms with van der Waals surface area (Å²) in [7, 11) is 0. The maximum Gasteiger partial charge on any atom is 2.00 e. The third-order valence-electron chi connectivity index (χ3n) is 0.821. The van der Waals surface area contributed by atoms with Crippen LogP contribution >= 0.6 is 0 Å². The number of carbonyl (C=O) groups is 2. The SMILES string of the molecule is CC(C)CC(=O)C(=O)[O-].O.[Ca+2]. The van der Waals surface area contributed by atoms with Gasteiger partial charge in [0.25, 0.3) is 0 Å². The van der Waals surface area contributed by atoms with Crippen molar-refractivity contribution in [1.29, 1.82) is 0 Å². The second-order valence-corrected chi connectivity index (χ2v) is 2.31. The fraction of sp³-hybridized carbons (Fsp3) is 0.667. The molecule has 0 spiro atoms. The number of Topliss-reactive ketones (excluding diaryl/α,β-unsaturated/α-hetero) is 1. The molecule has 0 aliphatic carbocycles. The molecule has 0 bridgehead atoms. The van der Waals surface area contributed by atoms with Gasteiger partial charge in [0.05, 0.1) is 0 Å². The Morgan fingerprint density at radius 1 is 1.36 bits per heavy atom. The van der Waals surface area contributed by atoms with Crippen molar-refractivity contribution in [3.05, 3.63) is 0 Å². The van der Waals surface area contributed by atoms with E-state index in [9.17, 15) is 14.7 Å². The zero-order chi connectivity index (χ0) is 7.44. The van der Waals surface area contributed by atoms with Crippen LogP contribution in [0.1, 0.15) is 20.3 Å². The number of carboxylic acid groups (broad SMARTS) is 1. The largest absolute Gasteiger partial charge is 2.00 e.